The van der Waals surface area contributed by atoms with Crippen molar-refractivity contribution < 1.29 is 8.42 Å². The lowest BCUT2D eigenvalue weighted by atomic mass is 10.2. The topological polar surface area (TPSA) is 40.6 Å². The molecule has 1 aromatic rings. The maximum Gasteiger partial charge on any atom is 0.261 e. The number of hydrogen-bond acceptors (Lipinski definition) is 4. The van der Waals surface area contributed by atoms with Gasteiger partial charge in [0.25, 0.3) is 9.05 Å². The van der Waals surface area contributed by atoms with Gasteiger partial charge < -0.3 is 9.80 Å². The van der Waals surface area contributed by atoms with E-state index in [-0.39, 0.29) is 4.90 Å². The van der Waals surface area contributed by atoms with Crippen molar-refractivity contribution in [3.63, 3.8) is 0 Å². The summed E-state index contributed by atoms with van der Waals surface area (Å²) < 4.78 is 21.4. The van der Waals surface area contributed by atoms with Crippen molar-refractivity contribution in [1.82, 2.24) is 9.80 Å². The van der Waals surface area contributed by atoms with Gasteiger partial charge in [-0.05, 0) is 47.2 Å². The molecular weight excluding hydrogens is 284 g/mol. The van der Waals surface area contributed by atoms with E-state index in [4.69, 9.17) is 10.7 Å². The number of halogens is 1. The first-order valence-corrected chi connectivity index (χ1v) is 8.24. The van der Waals surface area contributed by atoms with E-state index in [1.54, 1.807) is 12.1 Å². The van der Waals surface area contributed by atoms with Crippen LogP contribution in [0.2, 0.25) is 0 Å². The van der Waals surface area contributed by atoms with Gasteiger partial charge in [-0.3, -0.25) is 0 Å². The Bertz CT molecular complexity index is 448. The zero-order valence-corrected chi connectivity index (χ0v) is 13.8. The highest BCUT2D eigenvalue weighted by molar-refractivity contribution is 8.13. The Morgan fingerprint density at radius 1 is 0.947 bits per heavy atom. The molecule has 0 amide bonds. The van der Waals surface area contributed by atoms with Crippen LogP contribution in [0, 0.1) is 6.92 Å². The maximum absolute atomic E-state index is 10.7. The van der Waals surface area contributed by atoms with Crippen LogP contribution in [0.3, 0.4) is 0 Å². The van der Waals surface area contributed by atoms with E-state index in [1.807, 2.05) is 6.92 Å². The average molecular weight is 307 g/mol. The fourth-order valence-electron chi connectivity index (χ4n) is 1.10. The van der Waals surface area contributed by atoms with Crippen molar-refractivity contribution >= 4 is 19.7 Å². The van der Waals surface area contributed by atoms with E-state index in [0.717, 1.165) is 18.7 Å². The Morgan fingerprint density at radius 3 is 1.58 bits per heavy atom. The zero-order chi connectivity index (χ0) is 15.1. The van der Waals surface area contributed by atoms with Gasteiger partial charge in [0.15, 0.2) is 0 Å². The van der Waals surface area contributed by atoms with Crippen LogP contribution in [0.15, 0.2) is 29.2 Å². The number of hydrogen-bond donors (Lipinski definition) is 0. The Kier molecular flexibility index (Phi) is 8.25. The highest BCUT2D eigenvalue weighted by Gasteiger charge is 2.07. The normalized spacial score (nSPS) is 11.4. The van der Waals surface area contributed by atoms with Crippen LogP contribution in [0.25, 0.3) is 0 Å². The molecule has 1 rings (SSSR count). The third-order valence-electron chi connectivity index (χ3n) is 2.30. The summed E-state index contributed by atoms with van der Waals surface area (Å²) in [6, 6.07) is 6.37. The molecule has 0 saturated carbocycles. The van der Waals surface area contributed by atoms with Crippen molar-refractivity contribution in [2.45, 2.75) is 11.8 Å². The molecular formula is C13H23ClN2O2S. The van der Waals surface area contributed by atoms with Gasteiger partial charge in [0.2, 0.25) is 0 Å². The molecule has 0 bridgehead atoms. The summed E-state index contributed by atoms with van der Waals surface area (Å²) in [4.78, 5) is 4.50. The summed E-state index contributed by atoms with van der Waals surface area (Å²) in [5, 5.41) is 0. The molecule has 6 heteroatoms. The van der Waals surface area contributed by atoms with Crippen molar-refractivity contribution in [2.75, 3.05) is 41.3 Å². The number of rotatable bonds is 4. The van der Waals surface area contributed by atoms with Crippen LogP contribution in [-0.2, 0) is 9.05 Å². The van der Waals surface area contributed by atoms with E-state index in [2.05, 4.69) is 38.0 Å². The summed E-state index contributed by atoms with van der Waals surface area (Å²) in [6.07, 6.45) is 0. The van der Waals surface area contributed by atoms with Crippen LogP contribution in [0.1, 0.15) is 5.56 Å². The second kappa shape index (κ2) is 8.53. The standard InChI is InChI=1S/C7H7ClO2S.C6H16N2/c1-6-2-4-7(5-3-6)11(8,9)10;1-7(2)5-6-8(3)4/h2-5H,1H3;5-6H2,1-4H3. The van der Waals surface area contributed by atoms with Crippen LogP contribution in [0.4, 0.5) is 0 Å². The fraction of sp³-hybridized carbons (Fsp3) is 0.538. The zero-order valence-electron chi connectivity index (χ0n) is 12.2. The summed E-state index contributed by atoms with van der Waals surface area (Å²) in [5.41, 5.74) is 1.01. The van der Waals surface area contributed by atoms with Crippen LogP contribution in [0.5, 0.6) is 0 Å². The average Bonchev–Trinajstić information content (AvgIpc) is 2.26. The predicted octanol–water partition coefficient (Wildman–Crippen LogP) is 2.03. The second-order valence-corrected chi connectivity index (χ2v) is 7.42. The summed E-state index contributed by atoms with van der Waals surface area (Å²) in [5.74, 6) is 0. The van der Waals surface area contributed by atoms with Crippen molar-refractivity contribution in [1.29, 1.82) is 0 Å². The number of benzene rings is 1. The van der Waals surface area contributed by atoms with Crippen molar-refractivity contribution in [3.05, 3.63) is 29.8 Å². The van der Waals surface area contributed by atoms with Gasteiger partial charge in [-0.1, -0.05) is 17.7 Å². The van der Waals surface area contributed by atoms with Gasteiger partial charge in [0.05, 0.1) is 4.90 Å². The molecule has 0 aliphatic heterocycles. The Balaban J connectivity index is 0.000000362. The van der Waals surface area contributed by atoms with Crippen LogP contribution < -0.4 is 0 Å². The van der Waals surface area contributed by atoms with E-state index < -0.39 is 9.05 Å². The van der Waals surface area contributed by atoms with Gasteiger partial charge in [-0.2, -0.15) is 0 Å². The maximum atomic E-state index is 10.7. The highest BCUT2D eigenvalue weighted by Crippen LogP contribution is 2.14. The predicted molar refractivity (Wildman–Crippen MR) is 81.3 cm³/mol. The lowest BCUT2D eigenvalue weighted by Gasteiger charge is -2.13. The molecule has 0 aromatic heterocycles. The molecule has 4 nitrogen and oxygen atoms in total. The van der Waals surface area contributed by atoms with Gasteiger partial charge in [-0.15, -0.1) is 0 Å². The van der Waals surface area contributed by atoms with Crippen LogP contribution >= 0.6 is 10.7 Å². The summed E-state index contributed by atoms with van der Waals surface area (Å²) in [6.45, 7) is 4.17. The van der Waals surface area contributed by atoms with Crippen LogP contribution in [-0.4, -0.2) is 59.5 Å². The summed E-state index contributed by atoms with van der Waals surface area (Å²) >= 11 is 0. The Morgan fingerprint density at radius 2 is 1.32 bits per heavy atom. The minimum Gasteiger partial charge on any atom is -0.308 e. The molecule has 0 atom stereocenters. The molecule has 19 heavy (non-hydrogen) atoms. The van der Waals surface area contributed by atoms with Gasteiger partial charge >= 0.3 is 0 Å². The lowest BCUT2D eigenvalue weighted by Crippen LogP contribution is -2.25. The van der Waals surface area contributed by atoms with Gasteiger partial charge in [0, 0.05) is 23.8 Å². The first-order chi connectivity index (χ1) is 8.62. The molecule has 0 unspecified atom stereocenters. The largest absolute Gasteiger partial charge is 0.308 e. The molecule has 0 aliphatic carbocycles. The first kappa shape index (κ1) is 18.4. The third-order valence-corrected chi connectivity index (χ3v) is 3.67. The van der Waals surface area contributed by atoms with E-state index in [9.17, 15) is 8.42 Å². The van der Waals surface area contributed by atoms with E-state index in [0.29, 0.717) is 0 Å². The monoisotopic (exact) mass is 306 g/mol. The minimum atomic E-state index is -3.55. The van der Waals surface area contributed by atoms with Gasteiger partial charge in [-0.25, -0.2) is 8.42 Å². The molecule has 0 radical (unpaired) electrons. The smallest absolute Gasteiger partial charge is 0.261 e. The molecule has 0 heterocycles. The SMILES string of the molecule is CN(C)CCN(C)C.Cc1ccc(S(=O)(=O)Cl)cc1. The Hall–Kier alpha value is -0.620. The summed E-state index contributed by atoms with van der Waals surface area (Å²) in [7, 11) is 9.88. The van der Waals surface area contributed by atoms with Crippen molar-refractivity contribution in [2.24, 2.45) is 0 Å². The van der Waals surface area contributed by atoms with E-state index in [1.165, 1.54) is 12.1 Å². The second-order valence-electron chi connectivity index (χ2n) is 4.86. The number of nitrogens with zero attached hydrogens (tertiary/aromatic N) is 2. The Labute approximate surface area is 121 Å². The lowest BCUT2D eigenvalue weighted by molar-refractivity contribution is 0.320. The molecule has 1 aromatic carbocycles. The third kappa shape index (κ3) is 9.90. The molecule has 0 aliphatic rings. The molecule has 0 fully saturated rings. The number of aryl methyl sites for hydroxylation is 1. The minimum absolute atomic E-state index is 0.143. The highest BCUT2D eigenvalue weighted by atomic mass is 35.7. The fourth-order valence-corrected chi connectivity index (χ4v) is 1.87. The first-order valence-electron chi connectivity index (χ1n) is 5.93. The van der Waals surface area contributed by atoms with E-state index >= 15 is 0 Å². The van der Waals surface area contributed by atoms with Gasteiger partial charge in [0.1, 0.15) is 0 Å². The quantitative estimate of drug-likeness (QED) is 0.798. The molecule has 110 valence electrons. The molecule has 0 spiro atoms. The molecule has 0 saturated heterocycles. The molecule has 0 N–H and O–H groups in total. The number of likely N-dealkylation sites (N-methyl/N-ethyl adjacent to an activating group) is 2. The van der Waals surface area contributed by atoms with Crippen molar-refractivity contribution in [3.8, 4) is 0 Å².